The molecule has 0 aliphatic carbocycles. The number of rotatable bonds is 3. The number of aryl methyl sites for hydroxylation is 1. The molecule has 4 heteroatoms. The average molecular weight is 235 g/mol. The molecule has 2 rings (SSSR count). The van der Waals surface area contributed by atoms with Gasteiger partial charge < -0.3 is 9.88 Å². The molecule has 0 amide bonds. The molecule has 1 N–H and O–H groups in total. The fourth-order valence-electron chi connectivity index (χ4n) is 2.39. The largest absolute Gasteiger partial charge is 0.356 e. The van der Waals surface area contributed by atoms with Crippen LogP contribution in [0, 0.1) is 5.92 Å². The number of piperidine rings is 1. The van der Waals surface area contributed by atoms with Crippen molar-refractivity contribution in [3.8, 4) is 0 Å². The van der Waals surface area contributed by atoms with Gasteiger partial charge in [0, 0.05) is 25.6 Å². The fraction of sp³-hybridized carbons (Fsp3) is 0.692. The molecular formula is C13H21N3O. The summed E-state index contributed by atoms with van der Waals surface area (Å²) >= 11 is 0. The fourth-order valence-corrected chi connectivity index (χ4v) is 2.39. The molecule has 0 saturated carbocycles. The van der Waals surface area contributed by atoms with Gasteiger partial charge in [0.1, 0.15) is 11.6 Å². The lowest BCUT2D eigenvalue weighted by molar-refractivity contribution is 0.393. The molecule has 0 atom stereocenters. The predicted molar refractivity (Wildman–Crippen MR) is 69.5 cm³/mol. The van der Waals surface area contributed by atoms with E-state index in [1.54, 1.807) is 6.07 Å². The van der Waals surface area contributed by atoms with E-state index in [1.807, 2.05) is 6.92 Å². The quantitative estimate of drug-likeness (QED) is 0.871. The molecule has 0 unspecified atom stereocenters. The zero-order chi connectivity index (χ0) is 12.3. The van der Waals surface area contributed by atoms with E-state index >= 15 is 0 Å². The first-order chi connectivity index (χ1) is 8.22. The normalized spacial score (nSPS) is 17.4. The van der Waals surface area contributed by atoms with Crippen LogP contribution in [-0.2, 0) is 6.42 Å². The van der Waals surface area contributed by atoms with Gasteiger partial charge in [-0.2, -0.15) is 0 Å². The Kier molecular flexibility index (Phi) is 3.82. The lowest BCUT2D eigenvalue weighted by atomic mass is 9.94. The van der Waals surface area contributed by atoms with Crippen molar-refractivity contribution in [2.45, 2.75) is 39.5 Å². The summed E-state index contributed by atoms with van der Waals surface area (Å²) in [4.78, 5) is 21.0. The maximum Gasteiger partial charge on any atom is 0.252 e. The van der Waals surface area contributed by atoms with Gasteiger partial charge in [-0.3, -0.25) is 4.79 Å². The second kappa shape index (κ2) is 5.34. The zero-order valence-electron chi connectivity index (χ0n) is 10.7. The topological polar surface area (TPSA) is 49.0 Å². The SMILES string of the molecule is CCc1nc(N2CCC(CC)CC2)cc(=O)[nH]1. The van der Waals surface area contributed by atoms with Gasteiger partial charge in [-0.05, 0) is 18.8 Å². The molecule has 1 aromatic rings. The number of aromatic amines is 1. The van der Waals surface area contributed by atoms with Crippen LogP contribution in [0.3, 0.4) is 0 Å². The van der Waals surface area contributed by atoms with Gasteiger partial charge in [0.25, 0.3) is 5.56 Å². The molecule has 1 aromatic heterocycles. The zero-order valence-corrected chi connectivity index (χ0v) is 10.7. The first-order valence-corrected chi connectivity index (χ1v) is 6.58. The van der Waals surface area contributed by atoms with Crippen LogP contribution in [0.2, 0.25) is 0 Å². The lowest BCUT2D eigenvalue weighted by Crippen LogP contribution is -2.35. The second-order valence-corrected chi connectivity index (χ2v) is 4.74. The molecule has 0 radical (unpaired) electrons. The lowest BCUT2D eigenvalue weighted by Gasteiger charge is -2.32. The van der Waals surface area contributed by atoms with Crippen molar-refractivity contribution < 1.29 is 0 Å². The molecule has 0 aromatic carbocycles. The van der Waals surface area contributed by atoms with Crippen molar-refractivity contribution in [1.82, 2.24) is 9.97 Å². The minimum atomic E-state index is -0.0375. The summed E-state index contributed by atoms with van der Waals surface area (Å²) in [5, 5.41) is 0. The number of aromatic nitrogens is 2. The third kappa shape index (κ3) is 2.87. The predicted octanol–water partition coefficient (Wildman–Crippen LogP) is 1.96. The van der Waals surface area contributed by atoms with Gasteiger partial charge in [-0.15, -0.1) is 0 Å². The van der Waals surface area contributed by atoms with Crippen LogP contribution >= 0.6 is 0 Å². The van der Waals surface area contributed by atoms with Crippen molar-refractivity contribution in [3.05, 3.63) is 22.2 Å². The Hall–Kier alpha value is -1.32. The number of hydrogen-bond acceptors (Lipinski definition) is 3. The van der Waals surface area contributed by atoms with Gasteiger partial charge >= 0.3 is 0 Å². The summed E-state index contributed by atoms with van der Waals surface area (Å²) < 4.78 is 0. The molecule has 1 fully saturated rings. The molecule has 94 valence electrons. The van der Waals surface area contributed by atoms with Crippen molar-refractivity contribution in [1.29, 1.82) is 0 Å². The van der Waals surface area contributed by atoms with Crippen molar-refractivity contribution in [2.75, 3.05) is 18.0 Å². The third-order valence-electron chi connectivity index (χ3n) is 3.63. The summed E-state index contributed by atoms with van der Waals surface area (Å²) in [6.45, 7) is 6.31. The van der Waals surface area contributed by atoms with Crippen LogP contribution in [0.4, 0.5) is 5.82 Å². The minimum absolute atomic E-state index is 0.0375. The van der Waals surface area contributed by atoms with E-state index in [0.717, 1.165) is 37.1 Å². The Bertz CT molecular complexity index is 419. The molecule has 1 aliphatic rings. The van der Waals surface area contributed by atoms with Gasteiger partial charge in [0.05, 0.1) is 0 Å². The first-order valence-electron chi connectivity index (χ1n) is 6.58. The highest BCUT2D eigenvalue weighted by Gasteiger charge is 2.19. The highest BCUT2D eigenvalue weighted by atomic mass is 16.1. The molecule has 17 heavy (non-hydrogen) atoms. The van der Waals surface area contributed by atoms with E-state index in [-0.39, 0.29) is 5.56 Å². The first kappa shape index (κ1) is 12.1. The number of anilines is 1. The summed E-state index contributed by atoms with van der Waals surface area (Å²) in [5.41, 5.74) is -0.0375. The van der Waals surface area contributed by atoms with Crippen LogP contribution in [0.25, 0.3) is 0 Å². The number of hydrogen-bond donors (Lipinski definition) is 1. The smallest absolute Gasteiger partial charge is 0.252 e. The van der Waals surface area contributed by atoms with E-state index in [4.69, 9.17) is 0 Å². The standard InChI is InChI=1S/C13H21N3O/c1-3-10-5-7-16(8-6-10)12-9-13(17)15-11(4-2)14-12/h9-10H,3-8H2,1-2H3,(H,14,15,17). The summed E-state index contributed by atoms with van der Waals surface area (Å²) in [6.07, 6.45) is 4.46. The Morgan fingerprint density at radius 1 is 1.41 bits per heavy atom. The van der Waals surface area contributed by atoms with Crippen molar-refractivity contribution in [3.63, 3.8) is 0 Å². The van der Waals surface area contributed by atoms with E-state index in [9.17, 15) is 4.79 Å². The molecular weight excluding hydrogens is 214 g/mol. The third-order valence-corrected chi connectivity index (χ3v) is 3.63. The van der Waals surface area contributed by atoms with Gasteiger partial charge in [-0.25, -0.2) is 4.98 Å². The second-order valence-electron chi connectivity index (χ2n) is 4.74. The molecule has 1 saturated heterocycles. The number of H-pyrrole nitrogens is 1. The summed E-state index contributed by atoms with van der Waals surface area (Å²) in [7, 11) is 0. The molecule has 0 bridgehead atoms. The minimum Gasteiger partial charge on any atom is -0.356 e. The van der Waals surface area contributed by atoms with Crippen LogP contribution in [-0.4, -0.2) is 23.1 Å². The number of nitrogens with one attached hydrogen (secondary N) is 1. The highest BCUT2D eigenvalue weighted by Crippen LogP contribution is 2.22. The van der Waals surface area contributed by atoms with Crippen LogP contribution in [0.1, 0.15) is 38.9 Å². The van der Waals surface area contributed by atoms with E-state index in [0.29, 0.717) is 0 Å². The van der Waals surface area contributed by atoms with Crippen LogP contribution < -0.4 is 10.5 Å². The van der Waals surface area contributed by atoms with E-state index < -0.39 is 0 Å². The monoisotopic (exact) mass is 235 g/mol. The van der Waals surface area contributed by atoms with Gasteiger partial charge in [0.15, 0.2) is 0 Å². The Morgan fingerprint density at radius 2 is 2.12 bits per heavy atom. The highest BCUT2D eigenvalue weighted by molar-refractivity contribution is 5.37. The summed E-state index contributed by atoms with van der Waals surface area (Å²) in [6, 6.07) is 1.62. The maximum atomic E-state index is 11.5. The maximum absolute atomic E-state index is 11.5. The van der Waals surface area contributed by atoms with Crippen molar-refractivity contribution in [2.24, 2.45) is 5.92 Å². The Morgan fingerprint density at radius 3 is 2.71 bits per heavy atom. The Labute approximate surface area is 102 Å². The molecule has 4 nitrogen and oxygen atoms in total. The summed E-state index contributed by atoms with van der Waals surface area (Å²) in [5.74, 6) is 2.48. The Balaban J connectivity index is 2.12. The average Bonchev–Trinajstić information content (AvgIpc) is 2.38. The van der Waals surface area contributed by atoms with Gasteiger partial charge in [0.2, 0.25) is 0 Å². The van der Waals surface area contributed by atoms with Crippen LogP contribution in [0.15, 0.2) is 10.9 Å². The van der Waals surface area contributed by atoms with Crippen molar-refractivity contribution >= 4 is 5.82 Å². The number of nitrogens with zero attached hydrogens (tertiary/aromatic N) is 2. The molecule has 1 aliphatic heterocycles. The van der Waals surface area contributed by atoms with Gasteiger partial charge in [-0.1, -0.05) is 20.3 Å². The van der Waals surface area contributed by atoms with E-state index in [2.05, 4.69) is 21.8 Å². The molecule has 0 spiro atoms. The molecule has 2 heterocycles. The van der Waals surface area contributed by atoms with Crippen LogP contribution in [0.5, 0.6) is 0 Å². The van der Waals surface area contributed by atoms with E-state index in [1.165, 1.54) is 19.3 Å².